The third kappa shape index (κ3) is 4.75. The van der Waals surface area contributed by atoms with E-state index in [1.165, 1.54) is 0 Å². The van der Waals surface area contributed by atoms with E-state index in [1.807, 2.05) is 23.1 Å². The number of carbonyl (C=O) groups is 1. The number of rotatable bonds is 4. The molecule has 0 aromatic heterocycles. The normalized spacial score (nSPS) is 24.5. The molecule has 2 heterocycles. The number of likely N-dealkylation sites (tertiary alicyclic amines) is 1. The van der Waals surface area contributed by atoms with E-state index in [-0.39, 0.29) is 18.4 Å². The van der Waals surface area contributed by atoms with Gasteiger partial charge in [0.2, 0.25) is 5.91 Å². The molecule has 1 saturated heterocycles. The fourth-order valence-corrected chi connectivity index (χ4v) is 3.83. The van der Waals surface area contributed by atoms with Crippen molar-refractivity contribution in [3.05, 3.63) is 29.8 Å². The maximum Gasteiger partial charge on any atom is 0.236 e. The first-order chi connectivity index (χ1) is 12.6. The molecule has 0 unspecified atom stereocenters. The minimum absolute atomic E-state index is 0.148. The molecule has 1 N–H and O–H groups in total. The summed E-state index contributed by atoms with van der Waals surface area (Å²) in [6.07, 6.45) is 1.99. The highest BCUT2D eigenvalue weighted by molar-refractivity contribution is 5.78. The summed E-state index contributed by atoms with van der Waals surface area (Å²) in [5.74, 6) is 1.25. The van der Waals surface area contributed by atoms with E-state index >= 15 is 0 Å². The van der Waals surface area contributed by atoms with Crippen LogP contribution in [0, 0.1) is 5.92 Å². The van der Waals surface area contributed by atoms with Gasteiger partial charge in [-0.1, -0.05) is 18.2 Å². The lowest BCUT2D eigenvalue weighted by atomic mass is 10.0. The molecule has 0 saturated carbocycles. The Labute approximate surface area is 156 Å². The van der Waals surface area contributed by atoms with Gasteiger partial charge in [-0.3, -0.25) is 9.69 Å². The van der Waals surface area contributed by atoms with Crippen molar-refractivity contribution in [2.75, 3.05) is 53.5 Å². The number of aliphatic hydroxyl groups excluding tert-OH is 1. The third-order valence-corrected chi connectivity index (χ3v) is 5.55. The number of ether oxygens (including phenoxy) is 1. The largest absolute Gasteiger partial charge is 0.492 e. The maximum atomic E-state index is 13.0. The number of likely N-dealkylation sites (N-methyl/N-ethyl adjacent to an activating group) is 1. The Balaban J connectivity index is 1.65. The van der Waals surface area contributed by atoms with Gasteiger partial charge in [0.15, 0.2) is 0 Å². The highest BCUT2D eigenvalue weighted by atomic mass is 16.5. The summed E-state index contributed by atoms with van der Waals surface area (Å²) in [6, 6.07) is 8.39. The third-order valence-electron chi connectivity index (χ3n) is 5.55. The van der Waals surface area contributed by atoms with Gasteiger partial charge < -0.3 is 19.6 Å². The monoisotopic (exact) mass is 361 g/mol. The lowest BCUT2D eigenvalue weighted by Crippen LogP contribution is -2.46. The number of hydrogen-bond donors (Lipinski definition) is 1. The van der Waals surface area contributed by atoms with Crippen molar-refractivity contribution in [2.45, 2.75) is 25.4 Å². The predicted molar refractivity (Wildman–Crippen MR) is 101 cm³/mol. The van der Waals surface area contributed by atoms with Crippen molar-refractivity contribution in [1.82, 2.24) is 14.7 Å². The van der Waals surface area contributed by atoms with Crippen molar-refractivity contribution < 1.29 is 14.6 Å². The lowest BCUT2D eigenvalue weighted by Gasteiger charge is -2.30. The van der Waals surface area contributed by atoms with E-state index in [9.17, 15) is 9.90 Å². The molecule has 6 nitrogen and oxygen atoms in total. The summed E-state index contributed by atoms with van der Waals surface area (Å²) in [6.45, 7) is 4.02. The van der Waals surface area contributed by atoms with Gasteiger partial charge in [0.05, 0.1) is 6.54 Å². The van der Waals surface area contributed by atoms with Crippen LogP contribution in [0.25, 0.3) is 0 Å². The van der Waals surface area contributed by atoms with Crippen LogP contribution in [0.15, 0.2) is 24.3 Å². The van der Waals surface area contributed by atoms with E-state index in [0.29, 0.717) is 25.7 Å². The number of fused-ring (bicyclic) bond motifs is 1. The van der Waals surface area contributed by atoms with Gasteiger partial charge in [0.1, 0.15) is 12.4 Å². The number of carbonyl (C=O) groups excluding carboxylic acids is 1. The van der Waals surface area contributed by atoms with Crippen molar-refractivity contribution in [3.8, 4) is 5.75 Å². The molecule has 0 spiro atoms. The molecule has 2 aliphatic heterocycles. The molecular formula is C20H31N3O3. The smallest absolute Gasteiger partial charge is 0.236 e. The predicted octanol–water partition coefficient (Wildman–Crippen LogP) is 1.04. The van der Waals surface area contributed by atoms with Crippen LogP contribution in [0.5, 0.6) is 5.75 Å². The second-order valence-corrected chi connectivity index (χ2v) is 7.71. The summed E-state index contributed by atoms with van der Waals surface area (Å²) < 4.78 is 5.80. The number of aliphatic hydroxyl groups is 1. The molecule has 0 aliphatic carbocycles. The molecule has 0 radical (unpaired) electrons. The first-order valence-electron chi connectivity index (χ1n) is 9.55. The van der Waals surface area contributed by atoms with Crippen LogP contribution < -0.4 is 4.74 Å². The van der Waals surface area contributed by atoms with E-state index in [0.717, 1.165) is 43.8 Å². The van der Waals surface area contributed by atoms with Crippen LogP contribution in [-0.2, 0) is 11.3 Å². The van der Waals surface area contributed by atoms with Crippen molar-refractivity contribution >= 4 is 5.91 Å². The fraction of sp³-hybridized carbons (Fsp3) is 0.650. The minimum atomic E-state index is 0.148. The van der Waals surface area contributed by atoms with Gasteiger partial charge in [-0.2, -0.15) is 0 Å². The molecule has 2 aliphatic rings. The minimum Gasteiger partial charge on any atom is -0.492 e. The average molecular weight is 361 g/mol. The molecule has 6 heteroatoms. The van der Waals surface area contributed by atoms with Crippen LogP contribution in [0.3, 0.4) is 0 Å². The van der Waals surface area contributed by atoms with Crippen molar-refractivity contribution in [3.63, 3.8) is 0 Å². The number of nitrogens with zero attached hydrogens (tertiary/aromatic N) is 3. The van der Waals surface area contributed by atoms with Crippen LogP contribution in [0.4, 0.5) is 0 Å². The van der Waals surface area contributed by atoms with Crippen LogP contribution in [0.1, 0.15) is 18.4 Å². The van der Waals surface area contributed by atoms with Crippen molar-refractivity contribution in [1.29, 1.82) is 0 Å². The van der Waals surface area contributed by atoms with Crippen LogP contribution in [0.2, 0.25) is 0 Å². The second kappa shape index (κ2) is 8.84. The number of amides is 1. The summed E-state index contributed by atoms with van der Waals surface area (Å²) in [4.78, 5) is 19.3. The highest BCUT2D eigenvalue weighted by Crippen LogP contribution is 2.23. The molecule has 2 atom stereocenters. The lowest BCUT2D eigenvalue weighted by molar-refractivity contribution is -0.133. The maximum absolute atomic E-state index is 13.0. The Kier molecular flexibility index (Phi) is 6.51. The zero-order valence-corrected chi connectivity index (χ0v) is 15.9. The quantitative estimate of drug-likeness (QED) is 0.869. The molecule has 1 aromatic rings. The Morgan fingerprint density at radius 1 is 1.27 bits per heavy atom. The fourth-order valence-electron chi connectivity index (χ4n) is 3.83. The summed E-state index contributed by atoms with van der Waals surface area (Å²) >= 11 is 0. The molecule has 1 amide bonds. The van der Waals surface area contributed by atoms with E-state index in [4.69, 9.17) is 4.74 Å². The van der Waals surface area contributed by atoms with E-state index < -0.39 is 0 Å². The van der Waals surface area contributed by atoms with E-state index in [1.54, 1.807) is 0 Å². The molecule has 0 bridgehead atoms. The van der Waals surface area contributed by atoms with Gasteiger partial charge in [0, 0.05) is 44.4 Å². The molecule has 1 fully saturated rings. The Morgan fingerprint density at radius 3 is 2.85 bits per heavy atom. The van der Waals surface area contributed by atoms with Crippen molar-refractivity contribution in [2.24, 2.45) is 5.92 Å². The Bertz CT molecular complexity index is 608. The van der Waals surface area contributed by atoms with Crippen LogP contribution in [-0.4, -0.2) is 85.2 Å². The summed E-state index contributed by atoms with van der Waals surface area (Å²) in [7, 11) is 4.13. The molecule has 3 rings (SSSR count). The summed E-state index contributed by atoms with van der Waals surface area (Å²) in [5, 5.41) is 9.63. The summed E-state index contributed by atoms with van der Waals surface area (Å²) in [5.41, 5.74) is 1.13. The highest BCUT2D eigenvalue weighted by Gasteiger charge is 2.29. The molecule has 1 aromatic carbocycles. The second-order valence-electron chi connectivity index (χ2n) is 7.71. The SMILES string of the molecule is CN(C)[C@@H]1CC[C@H](CO)CN(C(=O)CN2CCOc3ccccc3C2)C1. The van der Waals surface area contributed by atoms with Gasteiger partial charge in [-0.05, 0) is 38.9 Å². The van der Waals surface area contributed by atoms with E-state index in [2.05, 4.69) is 30.0 Å². The number of para-hydroxylation sites is 1. The zero-order valence-electron chi connectivity index (χ0n) is 15.9. The number of benzene rings is 1. The zero-order chi connectivity index (χ0) is 18.5. The van der Waals surface area contributed by atoms with Gasteiger partial charge >= 0.3 is 0 Å². The van der Waals surface area contributed by atoms with Crippen LogP contribution >= 0.6 is 0 Å². The molecular weight excluding hydrogens is 330 g/mol. The average Bonchev–Trinajstić information content (AvgIpc) is 2.97. The first-order valence-corrected chi connectivity index (χ1v) is 9.55. The Morgan fingerprint density at radius 2 is 2.08 bits per heavy atom. The van der Waals surface area contributed by atoms with Gasteiger partial charge in [-0.25, -0.2) is 0 Å². The van der Waals surface area contributed by atoms with Gasteiger partial charge in [-0.15, -0.1) is 0 Å². The van der Waals surface area contributed by atoms with Gasteiger partial charge in [0.25, 0.3) is 0 Å². The topological polar surface area (TPSA) is 56.2 Å². The first kappa shape index (κ1) is 19.1. The standard InChI is InChI=1S/C20H31N3O3/c1-21(2)18-8-7-16(15-24)11-23(13-18)20(25)14-22-9-10-26-19-6-4-3-5-17(19)12-22/h3-6,16,18,24H,7-15H2,1-2H3/t16-,18+/m0/s1. The molecule has 26 heavy (non-hydrogen) atoms. The number of hydrogen-bond acceptors (Lipinski definition) is 5. The molecule has 144 valence electrons. The Hall–Kier alpha value is -1.63.